The molecule has 2 aliphatic heterocycles. The molecule has 9 nitrogen and oxygen atoms in total. The molecular formula is C12H20N6O3. The summed E-state index contributed by atoms with van der Waals surface area (Å²) in [6.45, 7) is 4.21. The van der Waals surface area contributed by atoms with E-state index < -0.39 is 0 Å². The molecule has 2 saturated heterocycles. The maximum absolute atomic E-state index is 5.83. The summed E-state index contributed by atoms with van der Waals surface area (Å²) in [4.78, 5) is 14.9. The first-order valence-corrected chi connectivity index (χ1v) is 7.15. The van der Waals surface area contributed by atoms with E-state index in [4.69, 9.17) is 20.1 Å². The number of hydrazine groups is 1. The van der Waals surface area contributed by atoms with Crippen LogP contribution in [0.5, 0.6) is 6.01 Å². The molecule has 0 saturated carbocycles. The number of nitrogens with two attached hydrogens (primary N) is 1. The molecule has 3 N–H and O–H groups in total. The fourth-order valence-corrected chi connectivity index (χ4v) is 2.31. The third kappa shape index (κ3) is 3.69. The second-order valence-corrected chi connectivity index (χ2v) is 4.91. The third-order valence-corrected chi connectivity index (χ3v) is 3.47. The number of ether oxygens (including phenoxy) is 3. The minimum absolute atomic E-state index is 0.0734. The molecule has 0 atom stereocenters. The van der Waals surface area contributed by atoms with Gasteiger partial charge in [0.2, 0.25) is 11.9 Å². The molecular weight excluding hydrogens is 276 g/mol. The average Bonchev–Trinajstić information content (AvgIpc) is 2.56. The fraction of sp³-hybridized carbons (Fsp3) is 0.750. The summed E-state index contributed by atoms with van der Waals surface area (Å²) in [6.07, 6.45) is 1.75. The number of nitrogens with one attached hydrogen (secondary N) is 1. The van der Waals surface area contributed by atoms with E-state index in [0.717, 1.165) is 25.9 Å². The van der Waals surface area contributed by atoms with E-state index >= 15 is 0 Å². The van der Waals surface area contributed by atoms with Crippen molar-refractivity contribution in [3.8, 4) is 6.01 Å². The predicted octanol–water partition coefficient (Wildman–Crippen LogP) is -0.448. The molecule has 2 aliphatic rings. The molecule has 21 heavy (non-hydrogen) atoms. The smallest absolute Gasteiger partial charge is 0.323 e. The van der Waals surface area contributed by atoms with E-state index in [-0.39, 0.29) is 6.10 Å². The molecule has 0 aromatic carbocycles. The van der Waals surface area contributed by atoms with Crippen molar-refractivity contribution in [2.75, 3.05) is 49.8 Å². The van der Waals surface area contributed by atoms with E-state index in [1.54, 1.807) is 0 Å². The van der Waals surface area contributed by atoms with E-state index in [0.29, 0.717) is 44.3 Å². The van der Waals surface area contributed by atoms with Gasteiger partial charge in [0.05, 0.1) is 26.4 Å². The van der Waals surface area contributed by atoms with E-state index in [1.807, 2.05) is 4.90 Å². The molecule has 0 unspecified atom stereocenters. The van der Waals surface area contributed by atoms with Crippen molar-refractivity contribution >= 4 is 11.9 Å². The van der Waals surface area contributed by atoms with Crippen molar-refractivity contribution in [1.82, 2.24) is 15.0 Å². The largest absolute Gasteiger partial charge is 0.460 e. The Morgan fingerprint density at radius 2 is 1.76 bits per heavy atom. The van der Waals surface area contributed by atoms with Crippen molar-refractivity contribution in [3.63, 3.8) is 0 Å². The van der Waals surface area contributed by atoms with Gasteiger partial charge in [0.15, 0.2) is 0 Å². The van der Waals surface area contributed by atoms with E-state index in [2.05, 4.69) is 20.4 Å². The highest BCUT2D eigenvalue weighted by Crippen LogP contribution is 2.19. The van der Waals surface area contributed by atoms with Gasteiger partial charge in [0.25, 0.3) is 0 Å². The fourth-order valence-electron chi connectivity index (χ4n) is 2.31. The van der Waals surface area contributed by atoms with Gasteiger partial charge >= 0.3 is 6.01 Å². The molecule has 0 bridgehead atoms. The number of nitrogens with zero attached hydrogens (tertiary/aromatic N) is 4. The summed E-state index contributed by atoms with van der Waals surface area (Å²) in [6, 6.07) is 0.298. The quantitative estimate of drug-likeness (QED) is 0.564. The molecule has 1 aromatic rings. The Morgan fingerprint density at radius 1 is 1.05 bits per heavy atom. The summed E-state index contributed by atoms with van der Waals surface area (Å²) >= 11 is 0. The lowest BCUT2D eigenvalue weighted by Crippen LogP contribution is -2.37. The highest BCUT2D eigenvalue weighted by molar-refractivity contribution is 5.38. The molecule has 0 aliphatic carbocycles. The maximum Gasteiger partial charge on any atom is 0.323 e. The first kappa shape index (κ1) is 14.2. The van der Waals surface area contributed by atoms with Crippen molar-refractivity contribution in [3.05, 3.63) is 0 Å². The van der Waals surface area contributed by atoms with Gasteiger partial charge in [-0.25, -0.2) is 5.84 Å². The predicted molar refractivity (Wildman–Crippen MR) is 75.1 cm³/mol. The van der Waals surface area contributed by atoms with Gasteiger partial charge in [-0.05, 0) is 0 Å². The van der Waals surface area contributed by atoms with Crippen molar-refractivity contribution in [2.24, 2.45) is 5.84 Å². The molecule has 2 fully saturated rings. The minimum atomic E-state index is 0.0734. The normalized spacial score (nSPS) is 20.3. The van der Waals surface area contributed by atoms with Crippen molar-refractivity contribution in [1.29, 1.82) is 0 Å². The van der Waals surface area contributed by atoms with Crippen LogP contribution in [0.4, 0.5) is 11.9 Å². The SMILES string of the molecule is NNc1nc(OC2CCOCC2)nc(N2CCOCC2)n1. The number of hydrogen-bond donors (Lipinski definition) is 2. The minimum Gasteiger partial charge on any atom is -0.460 e. The number of aromatic nitrogens is 3. The Hall–Kier alpha value is -1.71. The van der Waals surface area contributed by atoms with E-state index in [9.17, 15) is 0 Å². The van der Waals surface area contributed by atoms with E-state index in [1.165, 1.54) is 0 Å². The molecule has 116 valence electrons. The van der Waals surface area contributed by atoms with Gasteiger partial charge in [-0.1, -0.05) is 0 Å². The summed E-state index contributed by atoms with van der Waals surface area (Å²) in [5.41, 5.74) is 2.46. The molecule has 0 amide bonds. The zero-order valence-corrected chi connectivity index (χ0v) is 11.8. The maximum atomic E-state index is 5.83. The van der Waals surface area contributed by atoms with Crippen molar-refractivity contribution < 1.29 is 14.2 Å². The molecule has 9 heteroatoms. The van der Waals surface area contributed by atoms with Crippen LogP contribution in [0.3, 0.4) is 0 Å². The molecule has 0 spiro atoms. The van der Waals surface area contributed by atoms with Crippen LogP contribution in [0.25, 0.3) is 0 Å². The zero-order valence-electron chi connectivity index (χ0n) is 11.8. The third-order valence-electron chi connectivity index (χ3n) is 3.47. The van der Waals surface area contributed by atoms with Gasteiger partial charge in [0, 0.05) is 25.9 Å². The highest BCUT2D eigenvalue weighted by atomic mass is 16.5. The van der Waals surface area contributed by atoms with Gasteiger partial charge in [-0.3, -0.25) is 5.43 Å². The second-order valence-electron chi connectivity index (χ2n) is 4.91. The lowest BCUT2D eigenvalue weighted by atomic mass is 10.2. The van der Waals surface area contributed by atoms with Crippen LogP contribution in [-0.2, 0) is 9.47 Å². The Kier molecular flexibility index (Phi) is 4.63. The zero-order chi connectivity index (χ0) is 14.5. The number of nitrogen functional groups attached to an aromatic ring is 1. The summed E-state index contributed by atoms with van der Waals surface area (Å²) in [7, 11) is 0. The Labute approximate surface area is 122 Å². The van der Waals surface area contributed by atoms with Crippen LogP contribution in [-0.4, -0.2) is 60.6 Å². The lowest BCUT2D eigenvalue weighted by Gasteiger charge is -2.27. The first-order valence-electron chi connectivity index (χ1n) is 7.15. The Balaban J connectivity index is 1.75. The van der Waals surface area contributed by atoms with Crippen LogP contribution >= 0.6 is 0 Å². The van der Waals surface area contributed by atoms with Crippen LogP contribution in [0.2, 0.25) is 0 Å². The number of rotatable bonds is 4. The van der Waals surface area contributed by atoms with Crippen molar-refractivity contribution in [2.45, 2.75) is 18.9 Å². The van der Waals surface area contributed by atoms with Gasteiger partial charge < -0.3 is 19.1 Å². The lowest BCUT2D eigenvalue weighted by molar-refractivity contribution is 0.0217. The topological polar surface area (TPSA) is 108 Å². The Bertz CT molecular complexity index is 462. The number of hydrogen-bond acceptors (Lipinski definition) is 9. The van der Waals surface area contributed by atoms with Crippen LogP contribution in [0, 0.1) is 0 Å². The average molecular weight is 296 g/mol. The standard InChI is InChI=1S/C12H20N6O3/c13-17-10-14-11(18-3-7-20-8-4-18)16-12(15-10)21-9-1-5-19-6-2-9/h9H,1-8,13H2,(H,14,15,16,17). The number of morpholine rings is 1. The summed E-state index contributed by atoms with van der Waals surface area (Å²) < 4.78 is 16.5. The molecule has 1 aromatic heterocycles. The first-order chi connectivity index (χ1) is 10.3. The van der Waals surface area contributed by atoms with Gasteiger partial charge in [-0.2, -0.15) is 15.0 Å². The molecule has 3 heterocycles. The summed E-state index contributed by atoms with van der Waals surface area (Å²) in [5, 5.41) is 0. The monoisotopic (exact) mass is 296 g/mol. The Morgan fingerprint density at radius 3 is 2.48 bits per heavy atom. The van der Waals surface area contributed by atoms with Gasteiger partial charge in [0.1, 0.15) is 6.10 Å². The molecule has 3 rings (SSSR count). The van der Waals surface area contributed by atoms with Crippen LogP contribution < -0.4 is 20.9 Å². The van der Waals surface area contributed by atoms with Gasteiger partial charge in [-0.15, -0.1) is 0 Å². The molecule has 0 radical (unpaired) electrons. The second kappa shape index (κ2) is 6.83. The number of anilines is 2. The summed E-state index contributed by atoms with van der Waals surface area (Å²) in [5.74, 6) is 6.29. The highest BCUT2D eigenvalue weighted by Gasteiger charge is 2.20. The van der Waals surface area contributed by atoms with Crippen LogP contribution in [0.1, 0.15) is 12.8 Å². The van der Waals surface area contributed by atoms with Crippen LogP contribution in [0.15, 0.2) is 0 Å².